The van der Waals surface area contributed by atoms with E-state index in [4.69, 9.17) is 35.7 Å². The van der Waals surface area contributed by atoms with E-state index in [0.29, 0.717) is 0 Å². The summed E-state index contributed by atoms with van der Waals surface area (Å²) in [6, 6.07) is 7.23. The summed E-state index contributed by atoms with van der Waals surface area (Å²) in [5.74, 6) is -0.422. The van der Waals surface area contributed by atoms with Crippen LogP contribution < -0.4 is 26.8 Å². The van der Waals surface area contributed by atoms with E-state index in [9.17, 15) is 14.5 Å². The lowest BCUT2D eigenvalue weighted by Gasteiger charge is -2.28. The average Bonchev–Trinajstić information content (AvgIpc) is 3.36. The molecule has 212 valence electrons. The highest BCUT2D eigenvalue weighted by Gasteiger charge is 2.53. The molecule has 0 aliphatic carbocycles. The van der Waals surface area contributed by atoms with E-state index in [0.717, 1.165) is 0 Å². The van der Waals surface area contributed by atoms with E-state index in [1.54, 1.807) is 51.1 Å². The Morgan fingerprint density at radius 3 is 2.62 bits per heavy atom. The van der Waals surface area contributed by atoms with Crippen LogP contribution >= 0.6 is 7.75 Å². The molecular weight excluding hydrogens is 531 g/mol. The zero-order valence-electron chi connectivity index (χ0n) is 21.9. The normalized spacial score (nSPS) is 25.5. The molecule has 2 aromatic heterocycles. The minimum Gasteiger partial charge on any atom is -0.462 e. The summed E-state index contributed by atoms with van der Waals surface area (Å²) in [6.45, 7) is 6.01. The van der Waals surface area contributed by atoms with E-state index < -0.39 is 50.3 Å². The highest BCUT2D eigenvalue weighted by molar-refractivity contribution is 7.52. The van der Waals surface area contributed by atoms with E-state index >= 15 is 0 Å². The van der Waals surface area contributed by atoms with Crippen molar-refractivity contribution >= 4 is 36.6 Å². The van der Waals surface area contributed by atoms with Gasteiger partial charge in [0.25, 0.3) is 0 Å². The summed E-state index contributed by atoms with van der Waals surface area (Å²) in [4.78, 5) is 24.7. The third-order valence-electron chi connectivity index (χ3n) is 5.98. The number of aliphatic hydroxyl groups excluding tert-OH is 1. The van der Waals surface area contributed by atoms with Crippen LogP contribution in [0.1, 0.15) is 33.9 Å². The van der Waals surface area contributed by atoms with E-state index in [1.165, 1.54) is 17.8 Å². The second-order valence-electron chi connectivity index (χ2n) is 9.66. The molecule has 15 nitrogen and oxygen atoms in total. The Labute approximate surface area is 224 Å². The second-order valence-corrected chi connectivity index (χ2v) is 11.4. The van der Waals surface area contributed by atoms with Crippen molar-refractivity contribution < 1.29 is 33.0 Å². The van der Waals surface area contributed by atoms with Crippen LogP contribution in [0.15, 0.2) is 36.7 Å². The largest absolute Gasteiger partial charge is 0.462 e. The van der Waals surface area contributed by atoms with Crippen molar-refractivity contribution in [3.8, 4) is 5.75 Å². The lowest BCUT2D eigenvalue weighted by molar-refractivity contribution is -0.149. The van der Waals surface area contributed by atoms with Crippen molar-refractivity contribution in [2.24, 2.45) is 5.73 Å². The van der Waals surface area contributed by atoms with Crippen LogP contribution in [-0.2, 0) is 23.4 Å². The number of aliphatic hydroxyl groups is 1. The Morgan fingerprint density at radius 2 is 1.95 bits per heavy atom. The molecule has 0 amide bonds. The number of nitrogens with two attached hydrogens (primary N) is 3. The molecular formula is C23H33N8O7P. The summed E-state index contributed by atoms with van der Waals surface area (Å²) in [7, 11) is -4.20. The minimum absolute atomic E-state index is 0.0728. The summed E-state index contributed by atoms with van der Waals surface area (Å²) < 4.78 is 37.8. The van der Waals surface area contributed by atoms with Gasteiger partial charge >= 0.3 is 13.7 Å². The number of nitrogen functional groups attached to an aromatic ring is 2. The number of fused-ring (bicyclic) bond motifs is 1. The number of para-hydroxylation sites is 1. The van der Waals surface area contributed by atoms with E-state index in [2.05, 4.69) is 20.0 Å². The number of rotatable bonds is 10. The van der Waals surface area contributed by atoms with Crippen molar-refractivity contribution in [3.05, 3.63) is 36.7 Å². The van der Waals surface area contributed by atoms with Crippen molar-refractivity contribution in [3.63, 3.8) is 0 Å². The minimum atomic E-state index is -4.20. The number of anilines is 2. The number of ether oxygens (including phenoxy) is 2. The number of hydrogen-bond acceptors (Lipinski definition) is 13. The van der Waals surface area contributed by atoms with Crippen LogP contribution in [0.25, 0.3) is 11.2 Å². The number of aromatic nitrogens is 4. The van der Waals surface area contributed by atoms with Crippen molar-refractivity contribution in [1.29, 1.82) is 0 Å². The lowest BCUT2D eigenvalue weighted by atomic mass is 9.93. The molecule has 8 N–H and O–H groups in total. The summed E-state index contributed by atoms with van der Waals surface area (Å²) in [5, 5.41) is 13.6. The SMILES string of the molecule is CC(C)OC(=O)C(C)NP(=O)(OCC1OC(n2cnc3c(N)nc(N)nc32)C(C)(N)C1O)Oc1ccccc1. The average molecular weight is 565 g/mol. The Bertz CT molecular complexity index is 1370. The predicted octanol–water partition coefficient (Wildman–Crippen LogP) is 1.10. The first-order valence-corrected chi connectivity index (χ1v) is 13.7. The number of imidazole rings is 1. The van der Waals surface area contributed by atoms with Gasteiger partial charge in [0.2, 0.25) is 5.95 Å². The predicted molar refractivity (Wildman–Crippen MR) is 141 cm³/mol. The van der Waals surface area contributed by atoms with Gasteiger partial charge in [-0.3, -0.25) is 13.9 Å². The first kappa shape index (κ1) is 28.7. The van der Waals surface area contributed by atoms with Gasteiger partial charge in [0.1, 0.15) is 29.5 Å². The molecule has 1 aromatic carbocycles. The number of esters is 1. The van der Waals surface area contributed by atoms with Gasteiger partial charge in [-0.25, -0.2) is 9.55 Å². The fraction of sp³-hybridized carbons (Fsp3) is 0.478. The molecule has 0 spiro atoms. The van der Waals surface area contributed by atoms with Crippen molar-refractivity contribution in [2.45, 2.75) is 63.8 Å². The molecule has 1 aliphatic rings. The number of nitrogens with one attached hydrogen (secondary N) is 1. The van der Waals surface area contributed by atoms with Crippen LogP contribution in [0.2, 0.25) is 0 Å². The standard InChI is InChI=1S/C23H33N8O7P/c1-12(2)36-20(33)13(3)30-39(34,38-14-8-6-5-7-9-14)35-10-15-17(32)23(4,26)21(37-15)31-11-27-16-18(24)28-22(25)29-19(16)31/h5-9,11-13,15,17,21,32H,10,26H2,1-4H3,(H,30,34)(H4,24,25,28,29). The zero-order valence-corrected chi connectivity index (χ0v) is 22.8. The molecule has 0 radical (unpaired) electrons. The van der Waals surface area contributed by atoms with Crippen LogP contribution in [0, 0.1) is 0 Å². The van der Waals surface area contributed by atoms with Crippen molar-refractivity contribution in [2.75, 3.05) is 18.1 Å². The number of hydrogen-bond donors (Lipinski definition) is 5. The van der Waals surface area contributed by atoms with Crippen LogP contribution in [-0.4, -0.2) is 67.1 Å². The Kier molecular flexibility index (Phi) is 8.12. The topological polar surface area (TPSA) is 225 Å². The molecule has 0 saturated carbocycles. The maximum atomic E-state index is 13.8. The molecule has 1 fully saturated rings. The van der Waals surface area contributed by atoms with Crippen LogP contribution in [0.5, 0.6) is 5.75 Å². The molecule has 0 bridgehead atoms. The highest BCUT2D eigenvalue weighted by atomic mass is 31.2. The molecule has 39 heavy (non-hydrogen) atoms. The van der Waals surface area contributed by atoms with Gasteiger partial charge in [-0.05, 0) is 39.8 Å². The van der Waals surface area contributed by atoms with E-state index in [-0.39, 0.29) is 34.8 Å². The molecule has 3 heterocycles. The van der Waals surface area contributed by atoms with Gasteiger partial charge in [0.15, 0.2) is 17.7 Å². The molecule has 1 saturated heterocycles. The quantitative estimate of drug-likeness (QED) is 0.172. The molecule has 16 heteroatoms. The summed E-state index contributed by atoms with van der Waals surface area (Å²) >= 11 is 0. The van der Waals surface area contributed by atoms with Gasteiger partial charge in [0.05, 0.1) is 24.6 Å². The number of carbonyl (C=O) groups is 1. The molecule has 3 aromatic rings. The summed E-state index contributed by atoms with van der Waals surface area (Å²) in [5.41, 5.74) is 17.3. The Morgan fingerprint density at radius 1 is 1.26 bits per heavy atom. The summed E-state index contributed by atoms with van der Waals surface area (Å²) in [6.07, 6.45) is -2.32. The fourth-order valence-electron chi connectivity index (χ4n) is 4.06. The molecule has 1 aliphatic heterocycles. The van der Waals surface area contributed by atoms with Gasteiger partial charge in [-0.2, -0.15) is 15.1 Å². The third-order valence-corrected chi connectivity index (χ3v) is 7.62. The number of carbonyl (C=O) groups excluding carboxylic acids is 1. The van der Waals surface area contributed by atoms with Crippen molar-refractivity contribution in [1.82, 2.24) is 24.6 Å². The monoisotopic (exact) mass is 564 g/mol. The van der Waals surface area contributed by atoms with Gasteiger partial charge in [-0.1, -0.05) is 18.2 Å². The maximum Gasteiger partial charge on any atom is 0.459 e. The molecule has 6 unspecified atom stereocenters. The zero-order chi connectivity index (χ0) is 28.5. The van der Waals surface area contributed by atoms with E-state index in [1.807, 2.05) is 0 Å². The molecule has 4 rings (SSSR count). The van der Waals surface area contributed by atoms with Gasteiger partial charge in [-0.15, -0.1) is 0 Å². The fourth-order valence-corrected chi connectivity index (χ4v) is 5.56. The second kappa shape index (κ2) is 11.0. The third kappa shape index (κ3) is 6.13. The van der Waals surface area contributed by atoms with Gasteiger partial charge in [0, 0.05) is 0 Å². The Balaban J connectivity index is 1.55. The first-order valence-electron chi connectivity index (χ1n) is 12.2. The van der Waals surface area contributed by atoms with Crippen LogP contribution in [0.3, 0.4) is 0 Å². The number of nitrogens with zero attached hydrogens (tertiary/aromatic N) is 4. The van der Waals surface area contributed by atoms with Crippen LogP contribution in [0.4, 0.5) is 11.8 Å². The highest BCUT2D eigenvalue weighted by Crippen LogP contribution is 2.47. The van der Waals surface area contributed by atoms with Gasteiger partial charge < -0.3 is 36.3 Å². The number of benzene rings is 1. The lowest BCUT2D eigenvalue weighted by Crippen LogP contribution is -2.52. The first-order chi connectivity index (χ1) is 18.3. The smallest absolute Gasteiger partial charge is 0.459 e. The maximum absolute atomic E-state index is 13.8. The Hall–Kier alpha value is -3.33. The molecule has 6 atom stereocenters.